The number of aliphatic hydroxyl groups excluding tert-OH is 4. The number of carbonyl (C=O) groups excluding carboxylic acids is 1. The molecule has 5 N–H and O–H groups in total. The van der Waals surface area contributed by atoms with Gasteiger partial charge in [0.25, 0.3) is 0 Å². The zero-order chi connectivity index (χ0) is 36.8. The highest BCUT2D eigenvalue weighted by atomic mass is 16.3. The second kappa shape index (κ2) is 38.5. The maximum absolute atomic E-state index is 12.5. The van der Waals surface area contributed by atoms with Crippen molar-refractivity contribution in [2.45, 2.75) is 218 Å². The Morgan fingerprint density at radius 3 is 1.36 bits per heavy atom. The fraction of sp³-hybridized carbons (Fsp3) is 0.795. The molecule has 50 heavy (non-hydrogen) atoms. The van der Waals surface area contributed by atoms with Gasteiger partial charge in [0.15, 0.2) is 0 Å². The van der Waals surface area contributed by atoms with Gasteiger partial charge in [-0.15, -0.1) is 0 Å². The zero-order valence-corrected chi connectivity index (χ0v) is 32.6. The number of rotatable bonds is 37. The third-order valence-electron chi connectivity index (χ3n) is 9.48. The minimum Gasteiger partial charge on any atom is -0.394 e. The number of aliphatic hydroxyl groups is 4. The Hall–Kier alpha value is -1.73. The van der Waals surface area contributed by atoms with Crippen LogP contribution in [-0.2, 0) is 4.79 Å². The largest absolute Gasteiger partial charge is 0.394 e. The van der Waals surface area contributed by atoms with Gasteiger partial charge in [-0.05, 0) is 83.5 Å². The lowest BCUT2D eigenvalue weighted by molar-refractivity contribution is -0.132. The molecule has 6 heteroatoms. The molecule has 0 aliphatic rings. The molecule has 0 bridgehead atoms. The number of hydrogen-bond donors (Lipinski definition) is 5. The molecule has 4 atom stereocenters. The summed E-state index contributed by atoms with van der Waals surface area (Å²) in [4.78, 5) is 12.5. The lowest BCUT2D eigenvalue weighted by atomic mass is 10.00. The number of carbonyl (C=O) groups is 1. The quantitative estimate of drug-likeness (QED) is 0.0327. The van der Waals surface area contributed by atoms with E-state index < -0.39 is 36.9 Å². The van der Waals surface area contributed by atoms with E-state index >= 15 is 0 Å². The van der Waals surface area contributed by atoms with Crippen LogP contribution < -0.4 is 5.32 Å². The summed E-state index contributed by atoms with van der Waals surface area (Å²) in [5, 5.41) is 43.5. The van der Waals surface area contributed by atoms with E-state index in [1.807, 2.05) is 0 Å². The van der Waals surface area contributed by atoms with Crippen LogP contribution in [0, 0.1) is 0 Å². The first-order chi connectivity index (χ1) is 24.5. The van der Waals surface area contributed by atoms with Crippen LogP contribution in [-0.4, -0.2) is 57.3 Å². The van der Waals surface area contributed by atoms with Crippen molar-refractivity contribution in [3.05, 3.63) is 48.6 Å². The normalized spacial score (nSPS) is 14.8. The van der Waals surface area contributed by atoms with Crippen molar-refractivity contribution in [3.8, 4) is 0 Å². The molecule has 0 spiro atoms. The highest BCUT2D eigenvalue weighted by molar-refractivity contribution is 5.80. The first kappa shape index (κ1) is 48.3. The Labute approximate surface area is 309 Å². The van der Waals surface area contributed by atoms with Crippen LogP contribution in [0.5, 0.6) is 0 Å². The predicted molar refractivity (Wildman–Crippen MR) is 214 cm³/mol. The van der Waals surface area contributed by atoms with Crippen molar-refractivity contribution < 1.29 is 25.2 Å². The monoisotopic (exact) mass is 704 g/mol. The molecular weight excluding hydrogens is 622 g/mol. The lowest BCUT2D eigenvalue weighted by Crippen LogP contribution is -2.53. The predicted octanol–water partition coefficient (Wildman–Crippen LogP) is 10.7. The lowest BCUT2D eigenvalue weighted by Gasteiger charge is -2.27. The molecule has 0 aromatic rings. The molecule has 0 fully saturated rings. The Bertz CT molecular complexity index is 838. The second-order valence-electron chi connectivity index (χ2n) is 14.3. The third kappa shape index (κ3) is 32.2. The number of unbranched alkanes of at least 4 members (excludes halogenated alkanes) is 20. The van der Waals surface area contributed by atoms with Crippen LogP contribution in [0.4, 0.5) is 0 Å². The summed E-state index contributed by atoms with van der Waals surface area (Å²) in [6.07, 6.45) is 45.7. The van der Waals surface area contributed by atoms with Crippen LogP contribution in [0.25, 0.3) is 0 Å². The van der Waals surface area contributed by atoms with Gasteiger partial charge in [0.2, 0.25) is 5.91 Å². The summed E-state index contributed by atoms with van der Waals surface area (Å²) in [5.41, 5.74) is 0. The molecule has 0 saturated carbocycles. The van der Waals surface area contributed by atoms with Crippen molar-refractivity contribution >= 4 is 5.91 Å². The molecule has 0 aliphatic carbocycles. The Morgan fingerprint density at radius 1 is 0.500 bits per heavy atom. The first-order valence-corrected chi connectivity index (χ1v) is 21.0. The molecule has 0 saturated heterocycles. The maximum Gasteiger partial charge on any atom is 0.249 e. The van der Waals surface area contributed by atoms with Crippen LogP contribution >= 0.6 is 0 Å². The van der Waals surface area contributed by atoms with Gasteiger partial charge in [-0.2, -0.15) is 0 Å². The van der Waals surface area contributed by atoms with Gasteiger partial charge in [-0.1, -0.05) is 159 Å². The summed E-state index contributed by atoms with van der Waals surface area (Å²) in [5.74, 6) is -0.607. The highest BCUT2D eigenvalue weighted by Gasteiger charge is 2.28. The SMILES string of the molecule is CC/C=C/CC/C=C/CC/C=C/CCCC(O)C(O)C(CO)NC(=O)C(O)CCCCCCCC/C=C\CCCCCCCCCCCCC. The Morgan fingerprint density at radius 2 is 0.900 bits per heavy atom. The van der Waals surface area contributed by atoms with Crippen molar-refractivity contribution in [1.82, 2.24) is 5.32 Å². The number of allylic oxidation sites excluding steroid dienone is 8. The molecule has 0 rings (SSSR count). The van der Waals surface area contributed by atoms with E-state index in [-0.39, 0.29) is 0 Å². The van der Waals surface area contributed by atoms with Crippen molar-refractivity contribution in [2.75, 3.05) is 6.61 Å². The molecular formula is C44H81NO5. The zero-order valence-electron chi connectivity index (χ0n) is 32.6. The fourth-order valence-corrected chi connectivity index (χ4v) is 6.14. The third-order valence-corrected chi connectivity index (χ3v) is 9.48. The van der Waals surface area contributed by atoms with Crippen LogP contribution in [0.3, 0.4) is 0 Å². The van der Waals surface area contributed by atoms with Gasteiger partial charge in [-0.25, -0.2) is 0 Å². The molecule has 292 valence electrons. The summed E-state index contributed by atoms with van der Waals surface area (Å²) >= 11 is 0. The van der Waals surface area contributed by atoms with Gasteiger partial charge in [-0.3, -0.25) is 4.79 Å². The van der Waals surface area contributed by atoms with Gasteiger partial charge in [0.1, 0.15) is 12.2 Å². The standard InChI is InChI=1S/C44H81NO5/c1-3-5-7-9-11-13-15-17-18-19-20-21-22-23-24-26-28-30-32-34-36-38-42(48)44(50)45-40(39-46)43(49)41(47)37-35-33-31-29-27-25-16-14-12-10-8-6-4-2/h6,8,14,16,22-23,29,31,40-43,46-49H,3-5,7,9-13,15,17-21,24-28,30,32-39H2,1-2H3,(H,45,50)/b8-6+,16-14+,23-22-,31-29+. The van der Waals surface area contributed by atoms with Crippen LogP contribution in [0.2, 0.25) is 0 Å². The Kier molecular flexibility index (Phi) is 37.2. The number of amides is 1. The molecule has 0 heterocycles. The molecule has 0 aromatic carbocycles. The van der Waals surface area contributed by atoms with Crippen molar-refractivity contribution in [2.24, 2.45) is 0 Å². The molecule has 0 aliphatic heterocycles. The summed E-state index contributed by atoms with van der Waals surface area (Å²) in [7, 11) is 0. The van der Waals surface area contributed by atoms with E-state index in [9.17, 15) is 25.2 Å². The van der Waals surface area contributed by atoms with Gasteiger partial charge < -0.3 is 25.7 Å². The van der Waals surface area contributed by atoms with E-state index in [2.05, 4.69) is 67.8 Å². The number of hydrogen-bond acceptors (Lipinski definition) is 5. The maximum atomic E-state index is 12.5. The second-order valence-corrected chi connectivity index (χ2v) is 14.3. The highest BCUT2D eigenvalue weighted by Crippen LogP contribution is 2.14. The van der Waals surface area contributed by atoms with E-state index in [1.165, 1.54) is 89.9 Å². The summed E-state index contributed by atoms with van der Waals surface area (Å²) in [6.45, 7) is 3.91. The van der Waals surface area contributed by atoms with E-state index in [4.69, 9.17) is 0 Å². The minimum absolute atomic E-state index is 0.350. The topological polar surface area (TPSA) is 110 Å². The first-order valence-electron chi connectivity index (χ1n) is 21.0. The van der Waals surface area contributed by atoms with Gasteiger partial charge in [0, 0.05) is 0 Å². The molecule has 0 radical (unpaired) electrons. The average molecular weight is 704 g/mol. The van der Waals surface area contributed by atoms with E-state index in [1.54, 1.807) is 0 Å². The number of nitrogens with one attached hydrogen (secondary N) is 1. The van der Waals surface area contributed by atoms with Crippen molar-refractivity contribution in [3.63, 3.8) is 0 Å². The molecule has 1 amide bonds. The van der Waals surface area contributed by atoms with Crippen molar-refractivity contribution in [1.29, 1.82) is 0 Å². The summed E-state index contributed by atoms with van der Waals surface area (Å²) < 4.78 is 0. The van der Waals surface area contributed by atoms with Gasteiger partial charge in [0.05, 0.1) is 18.8 Å². The molecule has 6 nitrogen and oxygen atoms in total. The van der Waals surface area contributed by atoms with E-state index in [0.717, 1.165) is 70.6 Å². The summed E-state index contributed by atoms with van der Waals surface area (Å²) in [6, 6.07) is -1.01. The smallest absolute Gasteiger partial charge is 0.249 e. The molecule has 4 unspecified atom stereocenters. The minimum atomic E-state index is -1.29. The average Bonchev–Trinajstić information content (AvgIpc) is 3.12. The fourth-order valence-electron chi connectivity index (χ4n) is 6.14. The van der Waals surface area contributed by atoms with Crippen LogP contribution in [0.1, 0.15) is 194 Å². The molecule has 0 aromatic heterocycles. The van der Waals surface area contributed by atoms with Gasteiger partial charge >= 0.3 is 0 Å². The Balaban J connectivity index is 3.80. The van der Waals surface area contributed by atoms with E-state index in [0.29, 0.717) is 19.3 Å². The van der Waals surface area contributed by atoms with Crippen LogP contribution in [0.15, 0.2) is 48.6 Å².